The SMILES string of the molecule is CN1C=Cc2ccccc2C1Cc1ccccc1. The number of benzene rings is 2. The molecule has 0 bridgehead atoms. The standard InChI is InChI=1S/C17H17N/c1-18-12-11-15-9-5-6-10-16(15)17(18)13-14-7-3-2-4-8-14/h2-12,17H,13H2,1H3. The molecule has 1 unspecified atom stereocenters. The predicted octanol–water partition coefficient (Wildman–Crippen LogP) is 3.89. The Labute approximate surface area is 108 Å². The van der Waals surface area contributed by atoms with Gasteiger partial charge >= 0.3 is 0 Å². The predicted molar refractivity (Wildman–Crippen MR) is 76.1 cm³/mol. The molecule has 2 aromatic carbocycles. The smallest absolute Gasteiger partial charge is 0.0579 e. The van der Waals surface area contributed by atoms with Crippen molar-refractivity contribution in [3.8, 4) is 0 Å². The van der Waals surface area contributed by atoms with Gasteiger partial charge in [0.25, 0.3) is 0 Å². The van der Waals surface area contributed by atoms with E-state index in [0.29, 0.717) is 6.04 Å². The van der Waals surface area contributed by atoms with Gasteiger partial charge < -0.3 is 4.90 Å². The van der Waals surface area contributed by atoms with Crippen molar-refractivity contribution in [1.29, 1.82) is 0 Å². The average Bonchev–Trinajstić information content (AvgIpc) is 2.43. The summed E-state index contributed by atoms with van der Waals surface area (Å²) in [5.41, 5.74) is 4.15. The molecule has 1 heteroatoms. The van der Waals surface area contributed by atoms with Crippen molar-refractivity contribution < 1.29 is 0 Å². The first-order valence-corrected chi connectivity index (χ1v) is 6.37. The lowest BCUT2D eigenvalue weighted by atomic mass is 9.92. The van der Waals surface area contributed by atoms with Gasteiger partial charge in [0, 0.05) is 7.05 Å². The second-order valence-corrected chi connectivity index (χ2v) is 4.82. The fourth-order valence-electron chi connectivity index (χ4n) is 2.58. The van der Waals surface area contributed by atoms with Crippen LogP contribution in [0.3, 0.4) is 0 Å². The summed E-state index contributed by atoms with van der Waals surface area (Å²) in [6.45, 7) is 0. The van der Waals surface area contributed by atoms with Gasteiger partial charge in [0.1, 0.15) is 0 Å². The van der Waals surface area contributed by atoms with Crippen LogP contribution in [0.5, 0.6) is 0 Å². The Hall–Kier alpha value is -2.02. The van der Waals surface area contributed by atoms with Crippen LogP contribution in [0.2, 0.25) is 0 Å². The third-order valence-corrected chi connectivity index (χ3v) is 3.61. The van der Waals surface area contributed by atoms with Crippen molar-refractivity contribution in [3.63, 3.8) is 0 Å². The molecule has 18 heavy (non-hydrogen) atoms. The lowest BCUT2D eigenvalue weighted by Crippen LogP contribution is -2.24. The van der Waals surface area contributed by atoms with Crippen LogP contribution in [0.25, 0.3) is 6.08 Å². The molecule has 0 saturated carbocycles. The quantitative estimate of drug-likeness (QED) is 0.763. The van der Waals surface area contributed by atoms with E-state index in [1.165, 1.54) is 16.7 Å². The van der Waals surface area contributed by atoms with E-state index < -0.39 is 0 Å². The summed E-state index contributed by atoms with van der Waals surface area (Å²) in [5.74, 6) is 0. The van der Waals surface area contributed by atoms with Crippen LogP contribution in [0.15, 0.2) is 60.8 Å². The first kappa shape index (κ1) is 11.1. The van der Waals surface area contributed by atoms with Crippen LogP contribution in [-0.2, 0) is 6.42 Å². The fourth-order valence-corrected chi connectivity index (χ4v) is 2.58. The molecule has 1 aliphatic rings. The molecule has 1 heterocycles. The number of hydrogen-bond donors (Lipinski definition) is 0. The summed E-state index contributed by atoms with van der Waals surface area (Å²) < 4.78 is 0. The zero-order valence-corrected chi connectivity index (χ0v) is 10.6. The molecule has 90 valence electrons. The average molecular weight is 235 g/mol. The normalized spacial score (nSPS) is 17.6. The fraction of sp³-hybridized carbons (Fsp3) is 0.176. The van der Waals surface area contributed by atoms with E-state index in [9.17, 15) is 0 Å². The van der Waals surface area contributed by atoms with Crippen molar-refractivity contribution in [2.45, 2.75) is 12.5 Å². The molecule has 0 spiro atoms. The van der Waals surface area contributed by atoms with Gasteiger partial charge in [-0.1, -0.05) is 54.6 Å². The third-order valence-electron chi connectivity index (χ3n) is 3.61. The number of rotatable bonds is 2. The first-order valence-electron chi connectivity index (χ1n) is 6.37. The van der Waals surface area contributed by atoms with Gasteiger partial charge in [-0.3, -0.25) is 0 Å². The van der Waals surface area contributed by atoms with Crippen molar-refractivity contribution in [1.82, 2.24) is 4.90 Å². The summed E-state index contributed by atoms with van der Waals surface area (Å²) in [5, 5.41) is 0. The monoisotopic (exact) mass is 235 g/mol. The molecule has 0 radical (unpaired) electrons. The number of likely N-dealkylation sites (N-methyl/N-ethyl adjacent to an activating group) is 1. The molecular weight excluding hydrogens is 218 g/mol. The van der Waals surface area contributed by atoms with Gasteiger partial charge in [0.2, 0.25) is 0 Å². The van der Waals surface area contributed by atoms with Crippen LogP contribution in [-0.4, -0.2) is 11.9 Å². The molecule has 0 saturated heterocycles. The highest BCUT2D eigenvalue weighted by molar-refractivity contribution is 5.57. The van der Waals surface area contributed by atoms with Crippen LogP contribution < -0.4 is 0 Å². The summed E-state index contributed by atoms with van der Waals surface area (Å²) >= 11 is 0. The molecule has 1 aliphatic heterocycles. The van der Waals surface area contributed by atoms with E-state index in [2.05, 4.69) is 78.8 Å². The topological polar surface area (TPSA) is 3.24 Å². The van der Waals surface area contributed by atoms with E-state index in [0.717, 1.165) is 6.42 Å². The summed E-state index contributed by atoms with van der Waals surface area (Å²) in [4.78, 5) is 2.30. The van der Waals surface area contributed by atoms with Gasteiger partial charge in [-0.2, -0.15) is 0 Å². The molecular formula is C17H17N. The zero-order valence-electron chi connectivity index (χ0n) is 10.6. The van der Waals surface area contributed by atoms with Crippen molar-refractivity contribution in [2.75, 3.05) is 7.05 Å². The highest BCUT2D eigenvalue weighted by atomic mass is 15.1. The Bertz CT molecular complexity index is 557. The van der Waals surface area contributed by atoms with E-state index >= 15 is 0 Å². The molecule has 1 atom stereocenters. The molecule has 0 amide bonds. The van der Waals surface area contributed by atoms with Crippen LogP contribution in [0.1, 0.15) is 22.7 Å². The molecule has 0 fully saturated rings. The summed E-state index contributed by atoms with van der Waals surface area (Å²) in [6.07, 6.45) is 5.42. The summed E-state index contributed by atoms with van der Waals surface area (Å²) in [6, 6.07) is 19.8. The van der Waals surface area contributed by atoms with Crippen molar-refractivity contribution in [3.05, 3.63) is 77.5 Å². The Morgan fingerprint density at radius 3 is 2.50 bits per heavy atom. The molecule has 0 aliphatic carbocycles. The maximum atomic E-state index is 2.30. The zero-order chi connectivity index (χ0) is 12.4. The van der Waals surface area contributed by atoms with E-state index in [1.807, 2.05) is 0 Å². The summed E-state index contributed by atoms with van der Waals surface area (Å²) in [7, 11) is 2.15. The first-order chi connectivity index (χ1) is 8.84. The van der Waals surface area contributed by atoms with Gasteiger partial charge in [-0.25, -0.2) is 0 Å². The highest BCUT2D eigenvalue weighted by Gasteiger charge is 2.20. The third kappa shape index (κ3) is 2.04. The largest absolute Gasteiger partial charge is 0.373 e. The van der Waals surface area contributed by atoms with Gasteiger partial charge in [0.05, 0.1) is 6.04 Å². The van der Waals surface area contributed by atoms with E-state index in [-0.39, 0.29) is 0 Å². The lowest BCUT2D eigenvalue weighted by Gasteiger charge is -2.32. The molecule has 0 aromatic heterocycles. The maximum absolute atomic E-state index is 2.30. The Morgan fingerprint density at radius 2 is 1.67 bits per heavy atom. The number of fused-ring (bicyclic) bond motifs is 1. The van der Waals surface area contributed by atoms with Gasteiger partial charge in [-0.15, -0.1) is 0 Å². The second-order valence-electron chi connectivity index (χ2n) is 4.82. The van der Waals surface area contributed by atoms with Crippen molar-refractivity contribution >= 4 is 6.08 Å². The van der Waals surface area contributed by atoms with Crippen LogP contribution >= 0.6 is 0 Å². The minimum absolute atomic E-state index is 0.439. The molecule has 3 rings (SSSR count). The van der Waals surface area contributed by atoms with Crippen LogP contribution in [0.4, 0.5) is 0 Å². The Kier molecular flexibility index (Phi) is 2.89. The minimum atomic E-state index is 0.439. The van der Waals surface area contributed by atoms with E-state index in [1.54, 1.807) is 0 Å². The minimum Gasteiger partial charge on any atom is -0.373 e. The maximum Gasteiger partial charge on any atom is 0.0579 e. The lowest BCUT2D eigenvalue weighted by molar-refractivity contribution is 0.331. The highest BCUT2D eigenvalue weighted by Crippen LogP contribution is 2.31. The van der Waals surface area contributed by atoms with Gasteiger partial charge in [-0.05, 0) is 35.4 Å². The van der Waals surface area contributed by atoms with Gasteiger partial charge in [0.15, 0.2) is 0 Å². The second kappa shape index (κ2) is 4.69. The number of hydrogen-bond acceptors (Lipinski definition) is 1. The molecule has 2 aromatic rings. The van der Waals surface area contributed by atoms with Crippen LogP contribution in [0, 0.1) is 0 Å². The Morgan fingerprint density at radius 1 is 0.944 bits per heavy atom. The molecule has 1 nitrogen and oxygen atoms in total. The van der Waals surface area contributed by atoms with Crippen molar-refractivity contribution in [2.24, 2.45) is 0 Å². The van der Waals surface area contributed by atoms with E-state index in [4.69, 9.17) is 0 Å². The Balaban J connectivity index is 1.94. The molecule has 0 N–H and O–H groups in total. The number of nitrogens with zero attached hydrogens (tertiary/aromatic N) is 1.